The van der Waals surface area contributed by atoms with Crippen molar-refractivity contribution in [3.63, 3.8) is 0 Å². The zero-order valence-electron chi connectivity index (χ0n) is 15.4. The monoisotopic (exact) mass is 355 g/mol. The lowest BCUT2D eigenvalue weighted by molar-refractivity contribution is -0.117. The van der Waals surface area contributed by atoms with Gasteiger partial charge in [-0.25, -0.2) is 0 Å². The van der Waals surface area contributed by atoms with Gasteiger partial charge in [-0.3, -0.25) is 9.59 Å². The first-order valence-corrected chi connectivity index (χ1v) is 8.52. The van der Waals surface area contributed by atoms with Crippen LogP contribution < -0.4 is 15.4 Å². The number of carbonyl (C=O) groups is 2. The lowest BCUT2D eigenvalue weighted by Gasteiger charge is -2.11. The van der Waals surface area contributed by atoms with E-state index in [1.807, 2.05) is 45.3 Å². The number of nitrogens with one attached hydrogen (secondary N) is 2. The maximum absolute atomic E-state index is 12.2. The molecular weight excluding hydrogens is 330 g/mol. The van der Waals surface area contributed by atoms with Gasteiger partial charge in [-0.2, -0.15) is 0 Å². The summed E-state index contributed by atoms with van der Waals surface area (Å²) in [6, 6.07) is 14.6. The molecule has 0 bridgehead atoms. The van der Waals surface area contributed by atoms with Crippen molar-refractivity contribution in [3.8, 4) is 5.75 Å². The molecule has 0 saturated heterocycles. The predicted molar refractivity (Wildman–Crippen MR) is 104 cm³/mol. The predicted octanol–water partition coefficient (Wildman–Crippen LogP) is 2.77. The summed E-state index contributed by atoms with van der Waals surface area (Å²) in [6.45, 7) is 2.84. The summed E-state index contributed by atoms with van der Waals surface area (Å²) in [5.74, 6) is 0.566. The normalized spacial score (nSPS) is 10.5. The number of ether oxygens (including phenoxy) is 1. The molecule has 2 aromatic carbocycles. The summed E-state index contributed by atoms with van der Waals surface area (Å²) in [5.41, 5.74) is 2.20. The van der Waals surface area contributed by atoms with Gasteiger partial charge in [-0.1, -0.05) is 18.2 Å². The summed E-state index contributed by atoms with van der Waals surface area (Å²) in [6.07, 6.45) is 0.267. The number of anilines is 2. The van der Waals surface area contributed by atoms with Crippen LogP contribution in [0.15, 0.2) is 48.5 Å². The third kappa shape index (κ3) is 6.57. The molecule has 0 fully saturated rings. The molecule has 0 aliphatic rings. The van der Waals surface area contributed by atoms with Crippen molar-refractivity contribution in [2.75, 3.05) is 37.9 Å². The number of benzene rings is 2. The van der Waals surface area contributed by atoms with Crippen LogP contribution in [-0.4, -0.2) is 44.0 Å². The number of hydrogen-bond acceptors (Lipinski definition) is 4. The van der Waals surface area contributed by atoms with E-state index in [9.17, 15) is 9.59 Å². The highest BCUT2D eigenvalue weighted by Crippen LogP contribution is 2.16. The fraction of sp³-hybridized carbons (Fsp3) is 0.300. The SMILES string of the molecule is CCOc1ccc(CC(=O)Nc2cccc(NC(=O)CN(C)C)c2)cc1. The third-order valence-corrected chi connectivity index (χ3v) is 3.49. The van der Waals surface area contributed by atoms with E-state index in [1.54, 1.807) is 29.2 Å². The minimum Gasteiger partial charge on any atom is -0.494 e. The van der Waals surface area contributed by atoms with Gasteiger partial charge < -0.3 is 20.3 Å². The van der Waals surface area contributed by atoms with Gasteiger partial charge >= 0.3 is 0 Å². The first-order chi connectivity index (χ1) is 12.5. The van der Waals surface area contributed by atoms with Crippen LogP contribution in [0.5, 0.6) is 5.75 Å². The van der Waals surface area contributed by atoms with Gasteiger partial charge in [-0.15, -0.1) is 0 Å². The third-order valence-electron chi connectivity index (χ3n) is 3.49. The van der Waals surface area contributed by atoms with E-state index in [0.717, 1.165) is 11.3 Å². The number of amides is 2. The Kier molecular flexibility index (Phi) is 7.17. The number of carbonyl (C=O) groups excluding carboxylic acids is 2. The average molecular weight is 355 g/mol. The van der Waals surface area contributed by atoms with Crippen molar-refractivity contribution in [2.45, 2.75) is 13.3 Å². The number of nitrogens with zero attached hydrogens (tertiary/aromatic N) is 1. The highest BCUT2D eigenvalue weighted by molar-refractivity contribution is 5.95. The Morgan fingerprint density at radius 2 is 1.58 bits per heavy atom. The molecule has 0 aliphatic heterocycles. The van der Waals surface area contributed by atoms with E-state index in [-0.39, 0.29) is 18.2 Å². The lowest BCUT2D eigenvalue weighted by Crippen LogP contribution is -2.27. The fourth-order valence-corrected chi connectivity index (χ4v) is 2.42. The first-order valence-electron chi connectivity index (χ1n) is 8.52. The molecule has 0 unspecified atom stereocenters. The molecule has 0 spiro atoms. The van der Waals surface area contributed by atoms with Gasteiger partial charge in [0.05, 0.1) is 19.6 Å². The molecule has 138 valence electrons. The lowest BCUT2D eigenvalue weighted by atomic mass is 10.1. The van der Waals surface area contributed by atoms with Gasteiger partial charge in [0.2, 0.25) is 11.8 Å². The van der Waals surface area contributed by atoms with Crippen molar-refractivity contribution < 1.29 is 14.3 Å². The Bertz CT molecular complexity index is 742. The molecule has 2 N–H and O–H groups in total. The Morgan fingerprint density at radius 1 is 0.962 bits per heavy atom. The Balaban J connectivity index is 1.92. The maximum atomic E-state index is 12.2. The van der Waals surface area contributed by atoms with Gasteiger partial charge in [0, 0.05) is 11.4 Å². The molecule has 0 radical (unpaired) electrons. The van der Waals surface area contributed by atoms with Crippen LogP contribution in [0.3, 0.4) is 0 Å². The molecule has 26 heavy (non-hydrogen) atoms. The van der Waals surface area contributed by atoms with Crippen LogP contribution in [-0.2, 0) is 16.0 Å². The maximum Gasteiger partial charge on any atom is 0.238 e. The summed E-state index contributed by atoms with van der Waals surface area (Å²) < 4.78 is 5.39. The fourth-order valence-electron chi connectivity index (χ4n) is 2.42. The van der Waals surface area contributed by atoms with E-state index in [1.165, 1.54) is 0 Å². The van der Waals surface area contributed by atoms with Crippen LogP contribution >= 0.6 is 0 Å². The molecule has 2 rings (SSSR count). The smallest absolute Gasteiger partial charge is 0.238 e. The number of rotatable bonds is 8. The minimum absolute atomic E-state index is 0.104. The van der Waals surface area contributed by atoms with Crippen molar-refractivity contribution in [3.05, 3.63) is 54.1 Å². The molecule has 0 heterocycles. The molecule has 0 saturated carbocycles. The average Bonchev–Trinajstić information content (AvgIpc) is 2.56. The summed E-state index contributed by atoms with van der Waals surface area (Å²) >= 11 is 0. The number of likely N-dealkylation sites (N-methyl/N-ethyl adjacent to an activating group) is 1. The van der Waals surface area contributed by atoms with Gasteiger partial charge in [-0.05, 0) is 56.9 Å². The van der Waals surface area contributed by atoms with Crippen LogP contribution in [0.25, 0.3) is 0 Å². The molecule has 6 nitrogen and oxygen atoms in total. The molecular formula is C20H25N3O3. The highest BCUT2D eigenvalue weighted by atomic mass is 16.5. The van der Waals surface area contributed by atoms with E-state index < -0.39 is 0 Å². The first kappa shape index (κ1) is 19.5. The summed E-state index contributed by atoms with van der Waals surface area (Å²) in [7, 11) is 3.66. The molecule has 2 aromatic rings. The van der Waals surface area contributed by atoms with Crippen LogP contribution in [0, 0.1) is 0 Å². The molecule has 2 amide bonds. The van der Waals surface area contributed by atoms with Crippen molar-refractivity contribution in [1.29, 1.82) is 0 Å². The Hall–Kier alpha value is -2.86. The molecule has 0 aromatic heterocycles. The van der Waals surface area contributed by atoms with Crippen molar-refractivity contribution >= 4 is 23.2 Å². The second-order valence-corrected chi connectivity index (χ2v) is 6.17. The van der Waals surface area contributed by atoms with Gasteiger partial charge in [0.15, 0.2) is 0 Å². The molecule has 0 atom stereocenters. The van der Waals surface area contributed by atoms with Crippen LogP contribution in [0.1, 0.15) is 12.5 Å². The second kappa shape index (κ2) is 9.58. The standard InChI is InChI=1S/C20H25N3O3/c1-4-26-18-10-8-15(9-11-18)12-19(24)21-16-6-5-7-17(13-16)22-20(25)14-23(2)3/h5-11,13H,4,12,14H2,1-3H3,(H,21,24)(H,22,25). The number of hydrogen-bond donors (Lipinski definition) is 2. The zero-order valence-corrected chi connectivity index (χ0v) is 15.4. The van der Waals surface area contributed by atoms with Crippen molar-refractivity contribution in [1.82, 2.24) is 4.90 Å². The van der Waals surface area contributed by atoms with E-state index >= 15 is 0 Å². The van der Waals surface area contributed by atoms with E-state index in [0.29, 0.717) is 24.5 Å². The van der Waals surface area contributed by atoms with E-state index in [4.69, 9.17) is 4.74 Å². The Morgan fingerprint density at radius 3 is 2.15 bits per heavy atom. The zero-order chi connectivity index (χ0) is 18.9. The minimum atomic E-state index is -0.120. The van der Waals surface area contributed by atoms with Crippen molar-refractivity contribution in [2.24, 2.45) is 0 Å². The van der Waals surface area contributed by atoms with Gasteiger partial charge in [0.1, 0.15) is 5.75 Å². The summed E-state index contributed by atoms with van der Waals surface area (Å²) in [5, 5.41) is 5.66. The Labute approximate surface area is 154 Å². The van der Waals surface area contributed by atoms with Crippen LogP contribution in [0.2, 0.25) is 0 Å². The van der Waals surface area contributed by atoms with E-state index in [2.05, 4.69) is 10.6 Å². The van der Waals surface area contributed by atoms with Crippen LogP contribution in [0.4, 0.5) is 11.4 Å². The highest BCUT2D eigenvalue weighted by Gasteiger charge is 2.07. The molecule has 6 heteroatoms. The molecule has 0 aliphatic carbocycles. The second-order valence-electron chi connectivity index (χ2n) is 6.17. The largest absolute Gasteiger partial charge is 0.494 e. The quantitative estimate of drug-likeness (QED) is 0.764. The topological polar surface area (TPSA) is 70.7 Å². The summed E-state index contributed by atoms with van der Waals surface area (Å²) in [4.78, 5) is 25.8. The van der Waals surface area contributed by atoms with Gasteiger partial charge in [0.25, 0.3) is 0 Å².